The first-order valence-electron chi connectivity index (χ1n) is 10.0. The minimum absolute atomic E-state index is 0.144. The van der Waals surface area contributed by atoms with Crippen LogP contribution in [0.4, 0.5) is 4.39 Å². The van der Waals surface area contributed by atoms with Gasteiger partial charge in [-0.25, -0.2) is 12.8 Å². The van der Waals surface area contributed by atoms with Crippen LogP contribution < -0.4 is 0 Å². The van der Waals surface area contributed by atoms with Crippen molar-refractivity contribution in [3.8, 4) is 0 Å². The molecule has 9 heteroatoms. The van der Waals surface area contributed by atoms with E-state index in [2.05, 4.69) is 18.4 Å². The Labute approximate surface area is 182 Å². The van der Waals surface area contributed by atoms with Crippen LogP contribution in [0, 0.1) is 25.6 Å². The number of carbonyl (C=O) groups is 2. The molecule has 0 amide bonds. The van der Waals surface area contributed by atoms with Crippen molar-refractivity contribution in [2.75, 3.05) is 20.2 Å². The summed E-state index contributed by atoms with van der Waals surface area (Å²) in [5, 5.41) is 0. The summed E-state index contributed by atoms with van der Waals surface area (Å²) < 4.78 is 45.8. The molecule has 0 spiro atoms. The zero-order valence-electron chi connectivity index (χ0n) is 18.5. The van der Waals surface area contributed by atoms with E-state index in [1.165, 1.54) is 7.05 Å². The number of aromatic nitrogens is 1. The first kappa shape index (κ1) is 24.7. The van der Waals surface area contributed by atoms with Crippen LogP contribution in [0.25, 0.3) is 0 Å². The van der Waals surface area contributed by atoms with Gasteiger partial charge >= 0.3 is 5.97 Å². The van der Waals surface area contributed by atoms with Gasteiger partial charge in [-0.15, -0.1) is 0 Å². The fourth-order valence-electron chi connectivity index (χ4n) is 3.14. The number of Topliss-reactive ketones (excluding diaryl/α,β-unsaturated/α-hetero) is 1. The van der Waals surface area contributed by atoms with E-state index in [4.69, 9.17) is 4.74 Å². The number of rotatable bonds is 10. The second-order valence-corrected chi connectivity index (χ2v) is 9.96. The van der Waals surface area contributed by atoms with Crippen LogP contribution in [0.2, 0.25) is 0 Å². The van der Waals surface area contributed by atoms with E-state index in [9.17, 15) is 22.4 Å². The standard InChI is InChI=1S/C22H29FN2O5S/c1-15(2)10-11-25-16(3)12-20(17(25)4)21(26)14-30-22(27)13-24(5)31(28,29)19-8-6-18(23)7-9-19/h6-9,12,15H,10-11,13-14H2,1-5H3. The minimum Gasteiger partial charge on any atom is -0.456 e. The van der Waals surface area contributed by atoms with E-state index < -0.39 is 35.0 Å². The van der Waals surface area contributed by atoms with Crippen molar-refractivity contribution in [1.82, 2.24) is 8.87 Å². The van der Waals surface area contributed by atoms with Gasteiger partial charge in [0.25, 0.3) is 0 Å². The molecule has 0 radical (unpaired) electrons. The number of likely N-dealkylation sites (N-methyl/N-ethyl adjacent to an activating group) is 1. The van der Waals surface area contributed by atoms with Crippen LogP contribution >= 0.6 is 0 Å². The van der Waals surface area contributed by atoms with Crippen LogP contribution in [0.3, 0.4) is 0 Å². The molecule has 2 rings (SSSR count). The summed E-state index contributed by atoms with van der Waals surface area (Å²) in [6, 6.07) is 6.05. The highest BCUT2D eigenvalue weighted by molar-refractivity contribution is 7.89. The van der Waals surface area contributed by atoms with Gasteiger partial charge in [-0.2, -0.15) is 4.31 Å². The largest absolute Gasteiger partial charge is 0.456 e. The van der Waals surface area contributed by atoms with Gasteiger partial charge in [0.1, 0.15) is 12.4 Å². The maximum atomic E-state index is 13.0. The maximum absolute atomic E-state index is 13.0. The summed E-state index contributed by atoms with van der Waals surface area (Å²) in [5.74, 6) is -1.23. The number of aryl methyl sites for hydroxylation is 1. The van der Waals surface area contributed by atoms with Gasteiger partial charge < -0.3 is 9.30 Å². The average molecular weight is 453 g/mol. The lowest BCUT2D eigenvalue weighted by Crippen LogP contribution is -2.33. The number of halogens is 1. The quantitative estimate of drug-likeness (QED) is 0.408. The van der Waals surface area contributed by atoms with E-state index >= 15 is 0 Å². The average Bonchev–Trinajstić information content (AvgIpc) is 2.98. The smallest absolute Gasteiger partial charge is 0.321 e. The van der Waals surface area contributed by atoms with E-state index in [1.807, 2.05) is 13.8 Å². The molecule has 2 aromatic rings. The molecule has 1 aromatic carbocycles. The first-order valence-corrected chi connectivity index (χ1v) is 11.4. The molecule has 1 heterocycles. The molecule has 0 aliphatic carbocycles. The maximum Gasteiger partial charge on any atom is 0.321 e. The number of benzene rings is 1. The predicted molar refractivity (Wildman–Crippen MR) is 115 cm³/mol. The number of nitrogens with zero attached hydrogens (tertiary/aromatic N) is 2. The summed E-state index contributed by atoms with van der Waals surface area (Å²) >= 11 is 0. The van der Waals surface area contributed by atoms with Crippen molar-refractivity contribution in [3.63, 3.8) is 0 Å². The second-order valence-electron chi connectivity index (χ2n) is 7.92. The molecule has 31 heavy (non-hydrogen) atoms. The van der Waals surface area contributed by atoms with Crippen LogP contribution in [-0.2, 0) is 26.1 Å². The van der Waals surface area contributed by atoms with Crippen LogP contribution in [0.1, 0.15) is 42.0 Å². The Morgan fingerprint density at radius 2 is 1.77 bits per heavy atom. The molecule has 0 aliphatic heterocycles. The molecule has 1 aromatic heterocycles. The van der Waals surface area contributed by atoms with Crippen molar-refractivity contribution >= 4 is 21.8 Å². The molecule has 0 N–H and O–H groups in total. The van der Waals surface area contributed by atoms with E-state index in [0.29, 0.717) is 11.5 Å². The van der Waals surface area contributed by atoms with E-state index in [0.717, 1.165) is 52.9 Å². The molecule has 0 saturated heterocycles. The Kier molecular flexibility index (Phi) is 8.14. The molecule has 170 valence electrons. The summed E-state index contributed by atoms with van der Waals surface area (Å²) in [4.78, 5) is 24.5. The van der Waals surface area contributed by atoms with E-state index in [-0.39, 0.29) is 10.7 Å². The third-order valence-electron chi connectivity index (χ3n) is 5.04. The van der Waals surface area contributed by atoms with Crippen molar-refractivity contribution < 1.29 is 27.1 Å². The molecular weight excluding hydrogens is 423 g/mol. The van der Waals surface area contributed by atoms with Crippen molar-refractivity contribution in [2.24, 2.45) is 5.92 Å². The zero-order chi connectivity index (χ0) is 23.3. The van der Waals surface area contributed by atoms with E-state index in [1.54, 1.807) is 6.07 Å². The van der Waals surface area contributed by atoms with Crippen molar-refractivity contribution in [1.29, 1.82) is 0 Å². The molecule has 0 bridgehead atoms. The van der Waals surface area contributed by atoms with Crippen LogP contribution in [-0.4, -0.2) is 49.2 Å². The SMILES string of the molecule is Cc1cc(C(=O)COC(=O)CN(C)S(=O)(=O)c2ccc(F)cc2)c(C)n1CCC(C)C. The highest BCUT2D eigenvalue weighted by Crippen LogP contribution is 2.18. The first-order chi connectivity index (χ1) is 14.4. The lowest BCUT2D eigenvalue weighted by atomic mass is 10.1. The summed E-state index contributed by atoms with van der Waals surface area (Å²) in [5.41, 5.74) is 2.26. The third kappa shape index (κ3) is 6.24. The van der Waals surface area contributed by atoms with Gasteiger partial charge in [-0.1, -0.05) is 13.8 Å². The molecule has 0 atom stereocenters. The Bertz CT molecular complexity index is 1040. The van der Waals surface area contributed by atoms with Crippen molar-refractivity contribution in [3.05, 3.63) is 53.1 Å². The molecule has 0 aliphatic rings. The lowest BCUT2D eigenvalue weighted by Gasteiger charge is -2.16. The van der Waals surface area contributed by atoms with Gasteiger partial charge in [0, 0.05) is 30.5 Å². The topological polar surface area (TPSA) is 85.7 Å². The zero-order valence-corrected chi connectivity index (χ0v) is 19.3. The summed E-state index contributed by atoms with van der Waals surface area (Å²) in [7, 11) is -2.77. The number of ether oxygens (including phenoxy) is 1. The Balaban J connectivity index is 1.97. The van der Waals surface area contributed by atoms with Gasteiger partial charge in [-0.05, 0) is 56.5 Å². The Morgan fingerprint density at radius 3 is 2.35 bits per heavy atom. The Morgan fingerprint density at radius 1 is 1.16 bits per heavy atom. The van der Waals surface area contributed by atoms with Gasteiger partial charge in [-0.3, -0.25) is 9.59 Å². The predicted octanol–water partition coefficient (Wildman–Crippen LogP) is 3.34. The van der Waals surface area contributed by atoms with Gasteiger partial charge in [0.05, 0.1) is 4.90 Å². The number of sulfonamides is 1. The van der Waals surface area contributed by atoms with Crippen LogP contribution in [0.15, 0.2) is 35.2 Å². The number of hydrogen-bond donors (Lipinski definition) is 0. The highest BCUT2D eigenvalue weighted by Gasteiger charge is 2.24. The highest BCUT2D eigenvalue weighted by atomic mass is 32.2. The minimum atomic E-state index is -3.99. The van der Waals surface area contributed by atoms with Crippen molar-refractivity contribution in [2.45, 2.75) is 45.6 Å². The molecule has 7 nitrogen and oxygen atoms in total. The number of ketones is 1. The Hall–Kier alpha value is -2.52. The fraction of sp³-hybridized carbons (Fsp3) is 0.455. The summed E-state index contributed by atoms with van der Waals surface area (Å²) in [6.07, 6.45) is 0.980. The van der Waals surface area contributed by atoms with Gasteiger partial charge in [0.2, 0.25) is 15.8 Å². The third-order valence-corrected chi connectivity index (χ3v) is 6.86. The number of esters is 1. The molecule has 0 unspecified atom stereocenters. The number of hydrogen-bond acceptors (Lipinski definition) is 5. The second kappa shape index (κ2) is 10.2. The molecule has 0 saturated carbocycles. The molecular formula is C22H29FN2O5S. The number of carbonyl (C=O) groups excluding carboxylic acids is 2. The fourth-order valence-corrected chi connectivity index (χ4v) is 4.25. The monoisotopic (exact) mass is 452 g/mol. The molecule has 0 fully saturated rings. The van der Waals surface area contributed by atoms with Crippen LogP contribution in [0.5, 0.6) is 0 Å². The lowest BCUT2D eigenvalue weighted by molar-refractivity contribution is -0.142. The van der Waals surface area contributed by atoms with Gasteiger partial charge in [0.15, 0.2) is 6.61 Å². The normalized spacial score (nSPS) is 11.9. The summed E-state index contributed by atoms with van der Waals surface area (Å²) in [6.45, 7) is 7.79.